The van der Waals surface area contributed by atoms with Crippen molar-refractivity contribution < 1.29 is 9.47 Å². The number of anilines is 1. The van der Waals surface area contributed by atoms with E-state index in [4.69, 9.17) is 26.8 Å². The summed E-state index contributed by atoms with van der Waals surface area (Å²) in [5, 5.41) is 0.524. The van der Waals surface area contributed by atoms with Crippen molar-refractivity contribution in [1.29, 1.82) is 0 Å². The zero-order valence-corrected chi connectivity index (χ0v) is 12.0. The molecule has 1 unspecified atom stereocenters. The lowest BCUT2D eigenvalue weighted by atomic mass is 10.1. The number of hydrogen-bond donors (Lipinski definition) is 1. The molecule has 2 aromatic carbocycles. The summed E-state index contributed by atoms with van der Waals surface area (Å²) < 4.78 is 11.6. The molecule has 1 aliphatic heterocycles. The predicted molar refractivity (Wildman–Crippen MR) is 80.7 cm³/mol. The van der Waals surface area contributed by atoms with Crippen molar-refractivity contribution >= 4 is 17.3 Å². The molecule has 104 valence electrons. The Hall–Kier alpha value is -1.87. The highest BCUT2D eigenvalue weighted by Crippen LogP contribution is 2.31. The molecule has 0 radical (unpaired) electrons. The number of nitrogens with two attached hydrogens (primary N) is 1. The Morgan fingerprint density at radius 2 is 2.15 bits per heavy atom. The summed E-state index contributed by atoms with van der Waals surface area (Å²) in [6.45, 7) is 2.55. The molecule has 20 heavy (non-hydrogen) atoms. The molecule has 4 heteroatoms. The van der Waals surface area contributed by atoms with Gasteiger partial charge in [-0.05, 0) is 36.8 Å². The van der Waals surface area contributed by atoms with E-state index < -0.39 is 0 Å². The Morgan fingerprint density at radius 3 is 2.95 bits per heavy atom. The molecule has 2 aromatic rings. The van der Waals surface area contributed by atoms with Gasteiger partial charge in [-0.15, -0.1) is 0 Å². The molecule has 0 saturated heterocycles. The molecule has 0 aromatic heterocycles. The van der Waals surface area contributed by atoms with E-state index in [2.05, 4.69) is 19.1 Å². The largest absolute Gasteiger partial charge is 0.488 e. The van der Waals surface area contributed by atoms with Crippen molar-refractivity contribution in [1.82, 2.24) is 0 Å². The lowest BCUT2D eigenvalue weighted by Crippen LogP contribution is -2.22. The van der Waals surface area contributed by atoms with E-state index in [0.717, 1.165) is 12.2 Å². The standard InChI is InChI=1S/C16H16ClNO2/c1-10-2-4-15-11(6-10)7-13(20-15)9-19-16-5-3-12(18)8-14(16)17/h2-6,8,13H,7,9,18H2,1H3. The van der Waals surface area contributed by atoms with Gasteiger partial charge < -0.3 is 15.2 Å². The molecule has 0 fully saturated rings. The highest BCUT2D eigenvalue weighted by Gasteiger charge is 2.23. The van der Waals surface area contributed by atoms with Crippen LogP contribution in [0.4, 0.5) is 5.69 Å². The monoisotopic (exact) mass is 289 g/mol. The van der Waals surface area contributed by atoms with Crippen LogP contribution in [0.3, 0.4) is 0 Å². The maximum absolute atomic E-state index is 6.08. The molecule has 1 heterocycles. The van der Waals surface area contributed by atoms with Crippen LogP contribution in [0, 0.1) is 6.92 Å². The van der Waals surface area contributed by atoms with Crippen LogP contribution in [0.1, 0.15) is 11.1 Å². The van der Waals surface area contributed by atoms with Crippen LogP contribution >= 0.6 is 11.6 Å². The van der Waals surface area contributed by atoms with Crippen molar-refractivity contribution in [3.63, 3.8) is 0 Å². The first kappa shape index (κ1) is 13.1. The predicted octanol–water partition coefficient (Wildman–Crippen LogP) is 3.61. The Bertz CT molecular complexity index is 642. The van der Waals surface area contributed by atoms with Crippen LogP contribution in [-0.2, 0) is 6.42 Å². The van der Waals surface area contributed by atoms with E-state index in [1.807, 2.05) is 6.07 Å². The van der Waals surface area contributed by atoms with Gasteiger partial charge in [0.25, 0.3) is 0 Å². The maximum atomic E-state index is 6.08. The second-order valence-corrected chi connectivity index (χ2v) is 5.46. The number of halogens is 1. The molecular formula is C16H16ClNO2. The molecule has 0 bridgehead atoms. The highest BCUT2D eigenvalue weighted by molar-refractivity contribution is 6.32. The summed E-state index contributed by atoms with van der Waals surface area (Å²) in [6.07, 6.45) is 0.893. The summed E-state index contributed by atoms with van der Waals surface area (Å²) in [5.74, 6) is 1.59. The molecule has 1 atom stereocenters. The smallest absolute Gasteiger partial charge is 0.138 e. The third-order valence-electron chi connectivity index (χ3n) is 3.34. The Morgan fingerprint density at radius 1 is 1.30 bits per heavy atom. The zero-order chi connectivity index (χ0) is 14.1. The van der Waals surface area contributed by atoms with E-state index in [0.29, 0.717) is 23.1 Å². The number of hydrogen-bond acceptors (Lipinski definition) is 3. The van der Waals surface area contributed by atoms with Crippen LogP contribution in [0.5, 0.6) is 11.5 Å². The molecule has 3 rings (SSSR count). The SMILES string of the molecule is Cc1ccc2c(c1)CC(COc1ccc(N)cc1Cl)O2. The Balaban J connectivity index is 1.63. The van der Waals surface area contributed by atoms with E-state index in [9.17, 15) is 0 Å². The highest BCUT2D eigenvalue weighted by atomic mass is 35.5. The van der Waals surface area contributed by atoms with Gasteiger partial charge in [-0.2, -0.15) is 0 Å². The van der Waals surface area contributed by atoms with Crippen molar-refractivity contribution in [3.05, 3.63) is 52.5 Å². The lowest BCUT2D eigenvalue weighted by Gasteiger charge is -2.13. The molecular weight excluding hydrogens is 274 g/mol. The molecule has 3 nitrogen and oxygen atoms in total. The van der Waals surface area contributed by atoms with Gasteiger partial charge in [-0.3, -0.25) is 0 Å². The average molecular weight is 290 g/mol. The van der Waals surface area contributed by atoms with Crippen molar-refractivity contribution in [2.24, 2.45) is 0 Å². The zero-order valence-electron chi connectivity index (χ0n) is 11.2. The minimum Gasteiger partial charge on any atom is -0.488 e. The second-order valence-electron chi connectivity index (χ2n) is 5.06. The van der Waals surface area contributed by atoms with E-state index >= 15 is 0 Å². The van der Waals surface area contributed by atoms with E-state index in [1.54, 1.807) is 18.2 Å². The number of aryl methyl sites for hydroxylation is 1. The molecule has 1 aliphatic rings. The summed E-state index contributed by atoms with van der Waals surface area (Å²) in [5.41, 5.74) is 8.76. The van der Waals surface area contributed by atoms with Crippen LogP contribution < -0.4 is 15.2 Å². The minimum absolute atomic E-state index is 0.0282. The van der Waals surface area contributed by atoms with Crippen molar-refractivity contribution in [2.75, 3.05) is 12.3 Å². The van der Waals surface area contributed by atoms with Gasteiger partial charge in [-0.25, -0.2) is 0 Å². The van der Waals surface area contributed by atoms with E-state index in [-0.39, 0.29) is 6.10 Å². The van der Waals surface area contributed by atoms with Crippen LogP contribution in [0.25, 0.3) is 0 Å². The molecule has 0 saturated carbocycles. The average Bonchev–Trinajstić information content (AvgIpc) is 2.79. The molecule has 0 amide bonds. The van der Waals surface area contributed by atoms with Gasteiger partial charge in [0.1, 0.15) is 24.2 Å². The minimum atomic E-state index is 0.0282. The fourth-order valence-corrected chi connectivity index (χ4v) is 2.60. The lowest BCUT2D eigenvalue weighted by molar-refractivity contribution is 0.148. The number of nitrogen functional groups attached to an aromatic ring is 1. The summed E-state index contributed by atoms with van der Waals surface area (Å²) in [6, 6.07) is 11.5. The van der Waals surface area contributed by atoms with Crippen LogP contribution in [0.2, 0.25) is 5.02 Å². The second kappa shape index (κ2) is 5.25. The fourth-order valence-electron chi connectivity index (χ4n) is 2.36. The van der Waals surface area contributed by atoms with Crippen molar-refractivity contribution in [3.8, 4) is 11.5 Å². The van der Waals surface area contributed by atoms with Gasteiger partial charge in [0.15, 0.2) is 0 Å². The quantitative estimate of drug-likeness (QED) is 0.878. The summed E-state index contributed by atoms with van der Waals surface area (Å²) in [7, 11) is 0. The van der Waals surface area contributed by atoms with Crippen molar-refractivity contribution in [2.45, 2.75) is 19.4 Å². The first-order valence-corrected chi connectivity index (χ1v) is 6.93. The van der Waals surface area contributed by atoms with E-state index in [1.165, 1.54) is 11.1 Å². The summed E-state index contributed by atoms with van der Waals surface area (Å²) >= 11 is 6.08. The third-order valence-corrected chi connectivity index (χ3v) is 3.63. The number of ether oxygens (including phenoxy) is 2. The normalized spacial score (nSPS) is 16.6. The Labute approximate surface area is 123 Å². The molecule has 2 N–H and O–H groups in total. The molecule has 0 aliphatic carbocycles. The maximum Gasteiger partial charge on any atom is 0.138 e. The van der Waals surface area contributed by atoms with Gasteiger partial charge in [-0.1, -0.05) is 29.3 Å². The van der Waals surface area contributed by atoms with Gasteiger partial charge in [0.05, 0.1) is 5.02 Å². The number of benzene rings is 2. The van der Waals surface area contributed by atoms with Crippen LogP contribution in [0.15, 0.2) is 36.4 Å². The number of fused-ring (bicyclic) bond motifs is 1. The number of rotatable bonds is 3. The van der Waals surface area contributed by atoms with Crippen LogP contribution in [-0.4, -0.2) is 12.7 Å². The third kappa shape index (κ3) is 2.68. The topological polar surface area (TPSA) is 44.5 Å². The fraction of sp³-hybridized carbons (Fsp3) is 0.250. The van der Waals surface area contributed by atoms with Gasteiger partial charge in [0.2, 0.25) is 0 Å². The first-order chi connectivity index (χ1) is 9.61. The molecule has 0 spiro atoms. The van der Waals surface area contributed by atoms with Gasteiger partial charge in [0, 0.05) is 12.1 Å². The Kier molecular flexibility index (Phi) is 3.45. The summed E-state index contributed by atoms with van der Waals surface area (Å²) in [4.78, 5) is 0. The first-order valence-electron chi connectivity index (χ1n) is 6.56. The van der Waals surface area contributed by atoms with Gasteiger partial charge >= 0.3 is 0 Å².